The highest BCUT2D eigenvalue weighted by Gasteiger charge is 2.37. The summed E-state index contributed by atoms with van der Waals surface area (Å²) in [5.41, 5.74) is 2.76. The van der Waals surface area contributed by atoms with Gasteiger partial charge in [0, 0.05) is 83.1 Å². The van der Waals surface area contributed by atoms with Gasteiger partial charge in [0.2, 0.25) is 10.0 Å². The molecule has 4 heterocycles. The van der Waals surface area contributed by atoms with Crippen molar-refractivity contribution in [3.63, 3.8) is 0 Å². The summed E-state index contributed by atoms with van der Waals surface area (Å²) in [6.07, 6.45) is 6.92. The number of likely N-dealkylation sites (tertiary alicyclic amines) is 2. The van der Waals surface area contributed by atoms with Gasteiger partial charge in [0.15, 0.2) is 6.10 Å². The molecule has 1 unspecified atom stereocenters. The molecule has 0 saturated carbocycles. The topological polar surface area (TPSA) is 143 Å². The van der Waals surface area contributed by atoms with E-state index in [1.165, 1.54) is 16.6 Å². The van der Waals surface area contributed by atoms with E-state index < -0.39 is 28.0 Å². The number of piperazine rings is 1. The van der Waals surface area contributed by atoms with E-state index in [0.717, 1.165) is 36.1 Å². The molecular weight excluding hydrogens is 647 g/mol. The number of aliphatic hydroxyl groups excluding tert-OH is 1. The molecule has 1 aliphatic carbocycles. The zero-order valence-electron chi connectivity index (χ0n) is 28.2. The van der Waals surface area contributed by atoms with E-state index in [4.69, 9.17) is 12.6 Å². The molecule has 2 N–H and O–H groups in total. The first-order valence-electron chi connectivity index (χ1n) is 17.4. The number of ether oxygens (including phenoxy) is 1. The van der Waals surface area contributed by atoms with Crippen LogP contribution in [-0.4, -0.2) is 147 Å². The molecule has 13 nitrogen and oxygen atoms in total. The summed E-state index contributed by atoms with van der Waals surface area (Å²) in [6, 6.07) is 7.92. The normalized spacial score (nSPS) is 24.3. The second-order valence-electron chi connectivity index (χ2n) is 13.8. The number of rotatable bonds is 7. The molecule has 49 heavy (non-hydrogen) atoms. The molecule has 2 radical (unpaired) electrons. The van der Waals surface area contributed by atoms with Gasteiger partial charge in [0.1, 0.15) is 0 Å². The number of sulfonamides is 1. The molecule has 4 amide bonds. The summed E-state index contributed by atoms with van der Waals surface area (Å²) in [4.78, 5) is 48.1. The highest BCUT2D eigenvalue weighted by atomic mass is 32.2. The summed E-state index contributed by atoms with van der Waals surface area (Å²) < 4.78 is 31.3. The second kappa shape index (κ2) is 15.1. The third-order valence-electron chi connectivity index (χ3n) is 10.7. The number of anilines is 1. The number of piperidine rings is 2. The average Bonchev–Trinajstić information content (AvgIpc) is 3.27. The van der Waals surface area contributed by atoms with Crippen molar-refractivity contribution < 1.29 is 32.6 Å². The first kappa shape index (κ1) is 35.3. The summed E-state index contributed by atoms with van der Waals surface area (Å²) in [6.45, 7) is 4.69. The van der Waals surface area contributed by atoms with Gasteiger partial charge in [-0.1, -0.05) is 29.8 Å². The Morgan fingerprint density at radius 3 is 2.27 bits per heavy atom. The zero-order valence-corrected chi connectivity index (χ0v) is 29.0. The molecule has 1 aromatic carbocycles. The highest BCUT2D eigenvalue weighted by molar-refractivity contribution is 7.88. The molecule has 2 atom stereocenters. The predicted octanol–water partition coefficient (Wildman–Crippen LogP) is 2.73. The van der Waals surface area contributed by atoms with Gasteiger partial charge in [0.25, 0.3) is 5.91 Å². The Labute approximate surface area is 290 Å². The van der Waals surface area contributed by atoms with Gasteiger partial charge in [-0.05, 0) is 62.0 Å². The van der Waals surface area contributed by atoms with Crippen LogP contribution in [0.2, 0.25) is 5.82 Å². The number of allylic oxidation sites excluding steroid dienone is 3. The van der Waals surface area contributed by atoms with Gasteiger partial charge >= 0.3 is 12.1 Å². The fourth-order valence-electron chi connectivity index (χ4n) is 7.70. The van der Waals surface area contributed by atoms with Gasteiger partial charge in [-0.25, -0.2) is 18.0 Å². The van der Waals surface area contributed by atoms with Crippen molar-refractivity contribution in [1.29, 1.82) is 0 Å². The van der Waals surface area contributed by atoms with Gasteiger partial charge in [-0.2, -0.15) is 4.31 Å². The number of fused-ring (bicyclic) bond motifs is 1. The molecular formula is C34H47BN6O7S. The average molecular weight is 695 g/mol. The number of carbonyl (C=O) groups excluding carboxylic acids is 3. The molecule has 15 heteroatoms. The highest BCUT2D eigenvalue weighted by Crippen LogP contribution is 2.31. The van der Waals surface area contributed by atoms with E-state index in [0.29, 0.717) is 78.2 Å². The first-order chi connectivity index (χ1) is 23.5. The van der Waals surface area contributed by atoms with Gasteiger partial charge in [-0.15, -0.1) is 0 Å². The number of amides is 4. The Kier molecular flexibility index (Phi) is 10.9. The SMILES string of the molecule is [B]C1CC(C[C@@H](OC(=O)N2CCC(N3CCc4ccccc4NC3=O)CC2)C(=O)N2CCC(N3CCN(S(C)(=O)=O)CC3)CC2)=CC=C1O. The van der Waals surface area contributed by atoms with Crippen LogP contribution < -0.4 is 5.32 Å². The molecule has 4 aliphatic heterocycles. The van der Waals surface area contributed by atoms with Crippen LogP contribution in [0.1, 0.15) is 44.1 Å². The van der Waals surface area contributed by atoms with E-state index in [2.05, 4.69) is 10.2 Å². The lowest BCUT2D eigenvalue weighted by Crippen LogP contribution is -2.55. The summed E-state index contributed by atoms with van der Waals surface area (Å²) in [5, 5.41) is 13.0. The summed E-state index contributed by atoms with van der Waals surface area (Å²) in [5.74, 6) is -0.751. The molecule has 0 aromatic heterocycles. The number of hydrogen-bond donors (Lipinski definition) is 2. The Morgan fingerprint density at radius 1 is 0.939 bits per heavy atom. The van der Waals surface area contributed by atoms with E-state index in [1.807, 2.05) is 29.2 Å². The number of benzene rings is 1. The third kappa shape index (κ3) is 8.43. The number of hydrogen-bond acceptors (Lipinski definition) is 8. The van der Waals surface area contributed by atoms with Crippen LogP contribution >= 0.6 is 0 Å². The van der Waals surface area contributed by atoms with Crippen molar-refractivity contribution in [2.24, 2.45) is 0 Å². The molecule has 3 saturated heterocycles. The molecule has 3 fully saturated rings. The van der Waals surface area contributed by atoms with Crippen LogP contribution in [0.15, 0.2) is 47.7 Å². The zero-order chi connectivity index (χ0) is 34.7. The Morgan fingerprint density at radius 2 is 1.59 bits per heavy atom. The van der Waals surface area contributed by atoms with E-state index in [-0.39, 0.29) is 36.2 Å². The van der Waals surface area contributed by atoms with Gasteiger partial charge < -0.3 is 29.9 Å². The number of nitrogens with zero attached hydrogens (tertiary/aromatic N) is 5. The van der Waals surface area contributed by atoms with Crippen LogP contribution in [0.4, 0.5) is 15.3 Å². The Balaban J connectivity index is 1.05. The lowest BCUT2D eigenvalue weighted by Gasteiger charge is -2.42. The van der Waals surface area contributed by atoms with E-state index >= 15 is 0 Å². The van der Waals surface area contributed by atoms with Gasteiger partial charge in [-0.3, -0.25) is 9.69 Å². The minimum Gasteiger partial charge on any atom is -0.513 e. The number of urea groups is 1. The van der Waals surface area contributed by atoms with Crippen molar-refractivity contribution >= 4 is 41.6 Å². The van der Waals surface area contributed by atoms with Crippen molar-refractivity contribution in [1.82, 2.24) is 23.9 Å². The largest absolute Gasteiger partial charge is 0.513 e. The van der Waals surface area contributed by atoms with Crippen LogP contribution in [-0.2, 0) is 26.0 Å². The number of para-hydroxylation sites is 1. The van der Waals surface area contributed by atoms with Crippen molar-refractivity contribution in [2.45, 2.75) is 69.0 Å². The first-order valence-corrected chi connectivity index (χ1v) is 19.2. The third-order valence-corrected chi connectivity index (χ3v) is 12.0. The fourth-order valence-corrected chi connectivity index (χ4v) is 8.53. The van der Waals surface area contributed by atoms with Crippen LogP contribution in [0.5, 0.6) is 0 Å². The van der Waals surface area contributed by atoms with E-state index in [9.17, 15) is 27.9 Å². The molecule has 1 aromatic rings. The second-order valence-corrected chi connectivity index (χ2v) is 15.8. The molecule has 5 aliphatic rings. The maximum absolute atomic E-state index is 14.0. The molecule has 6 rings (SSSR count). The molecule has 0 spiro atoms. The van der Waals surface area contributed by atoms with E-state index in [1.54, 1.807) is 15.9 Å². The summed E-state index contributed by atoms with van der Waals surface area (Å²) in [7, 11) is 2.87. The van der Waals surface area contributed by atoms with Crippen molar-refractivity contribution in [2.75, 3.05) is 70.5 Å². The lowest BCUT2D eigenvalue weighted by atomic mass is 9.76. The molecule has 0 bridgehead atoms. The van der Waals surface area contributed by atoms with Crippen molar-refractivity contribution in [3.05, 3.63) is 53.3 Å². The number of nitrogens with one attached hydrogen (secondary N) is 1. The summed E-state index contributed by atoms with van der Waals surface area (Å²) >= 11 is 0. The minimum absolute atomic E-state index is 0.0141. The predicted molar refractivity (Wildman–Crippen MR) is 186 cm³/mol. The maximum atomic E-state index is 14.0. The standard InChI is InChI=1S/C34H47BN6O7S/c1-49(46,47)40-20-18-37(19-21-40)26-9-13-38(14-10-26)32(43)31(23-24-6-7-30(42)28(35)22-24)48-34(45)39-15-11-27(12-16-39)41-17-8-25-4-2-3-5-29(25)36-33(41)44/h2-7,26-28,31,42H,8-23H2,1H3,(H,36,44)/t28?,31-/m1/s1. The van der Waals surface area contributed by atoms with Gasteiger partial charge in [0.05, 0.1) is 19.9 Å². The Bertz CT molecular complexity index is 1560. The van der Waals surface area contributed by atoms with Crippen molar-refractivity contribution in [3.8, 4) is 0 Å². The number of carbonyl (C=O) groups is 3. The fraction of sp³-hybridized carbons (Fsp3) is 0.618. The van der Waals surface area contributed by atoms with Crippen LogP contribution in [0, 0.1) is 0 Å². The monoisotopic (exact) mass is 694 g/mol. The van der Waals surface area contributed by atoms with Crippen LogP contribution in [0.3, 0.4) is 0 Å². The maximum Gasteiger partial charge on any atom is 0.410 e. The smallest absolute Gasteiger partial charge is 0.410 e. The minimum atomic E-state index is -3.21. The molecule has 264 valence electrons. The quantitative estimate of drug-likeness (QED) is 0.415. The Hall–Kier alpha value is -3.56. The number of aliphatic hydroxyl groups is 1. The van der Waals surface area contributed by atoms with Crippen LogP contribution in [0.25, 0.3) is 0 Å². The lowest BCUT2D eigenvalue weighted by molar-refractivity contribution is -0.142.